The van der Waals surface area contributed by atoms with Crippen molar-refractivity contribution in [2.45, 2.75) is 24.8 Å². The largest absolute Gasteiger partial charge is 0.387 e. The van der Waals surface area contributed by atoms with Crippen molar-refractivity contribution in [2.75, 3.05) is 12.4 Å². The Bertz CT molecular complexity index is 682. The zero-order chi connectivity index (χ0) is 14.6. The van der Waals surface area contributed by atoms with E-state index in [1.807, 2.05) is 6.92 Å². The van der Waals surface area contributed by atoms with Crippen molar-refractivity contribution in [3.05, 3.63) is 34.5 Å². The fourth-order valence-electron chi connectivity index (χ4n) is 1.63. The van der Waals surface area contributed by atoms with Gasteiger partial charge >= 0.3 is 0 Å². The summed E-state index contributed by atoms with van der Waals surface area (Å²) in [6, 6.07) is 1.62. The standard InChI is InChI=1S/C12H16N4O2S2/c1-3-9-6-15-12(19-9)8-16-20(17,18)11-7-14-5-4-10(11)13-2/h4-7,16H,3,8H2,1-2H3,(H,13,14). The molecule has 0 saturated carbocycles. The van der Waals surface area contributed by atoms with Gasteiger partial charge in [0, 0.05) is 30.5 Å². The van der Waals surface area contributed by atoms with Crippen molar-refractivity contribution in [3.8, 4) is 0 Å². The van der Waals surface area contributed by atoms with Crippen molar-refractivity contribution < 1.29 is 8.42 Å². The summed E-state index contributed by atoms with van der Waals surface area (Å²) in [6.45, 7) is 2.22. The van der Waals surface area contributed by atoms with Crippen molar-refractivity contribution in [1.29, 1.82) is 0 Å². The lowest BCUT2D eigenvalue weighted by molar-refractivity contribution is 0.581. The summed E-state index contributed by atoms with van der Waals surface area (Å²) in [5.74, 6) is 0. The quantitative estimate of drug-likeness (QED) is 0.847. The first-order valence-electron chi connectivity index (χ1n) is 6.12. The highest BCUT2D eigenvalue weighted by molar-refractivity contribution is 7.89. The van der Waals surface area contributed by atoms with E-state index in [-0.39, 0.29) is 11.4 Å². The highest BCUT2D eigenvalue weighted by atomic mass is 32.2. The van der Waals surface area contributed by atoms with Crippen LogP contribution < -0.4 is 10.0 Å². The van der Waals surface area contributed by atoms with Gasteiger partial charge in [0.25, 0.3) is 0 Å². The van der Waals surface area contributed by atoms with Crippen LogP contribution in [0.5, 0.6) is 0 Å². The van der Waals surface area contributed by atoms with Crippen LogP contribution >= 0.6 is 11.3 Å². The van der Waals surface area contributed by atoms with Crippen LogP contribution in [0.2, 0.25) is 0 Å². The number of aromatic nitrogens is 2. The molecule has 0 radical (unpaired) electrons. The van der Waals surface area contributed by atoms with Crippen LogP contribution in [0.4, 0.5) is 5.69 Å². The minimum absolute atomic E-state index is 0.134. The first-order chi connectivity index (χ1) is 9.56. The number of hydrogen-bond acceptors (Lipinski definition) is 6. The minimum atomic E-state index is -3.61. The average molecular weight is 312 g/mol. The number of nitrogens with one attached hydrogen (secondary N) is 2. The zero-order valence-electron chi connectivity index (χ0n) is 11.3. The predicted molar refractivity (Wildman–Crippen MR) is 79.3 cm³/mol. The predicted octanol–water partition coefficient (Wildman–Crippen LogP) is 1.62. The van der Waals surface area contributed by atoms with E-state index < -0.39 is 10.0 Å². The van der Waals surface area contributed by atoms with Gasteiger partial charge in [-0.15, -0.1) is 11.3 Å². The molecule has 0 aliphatic heterocycles. The molecule has 0 amide bonds. The van der Waals surface area contributed by atoms with Gasteiger partial charge in [0.05, 0.1) is 12.2 Å². The number of aryl methyl sites for hydroxylation is 1. The summed E-state index contributed by atoms with van der Waals surface area (Å²) in [6.07, 6.45) is 5.54. The average Bonchev–Trinajstić information content (AvgIpc) is 2.93. The van der Waals surface area contributed by atoms with Crippen LogP contribution in [0.1, 0.15) is 16.8 Å². The summed E-state index contributed by atoms with van der Waals surface area (Å²) in [4.78, 5) is 9.32. The Kier molecular flexibility index (Phi) is 4.69. The second-order valence-corrected chi connectivity index (χ2v) is 6.96. The molecular weight excluding hydrogens is 296 g/mol. The molecule has 0 unspecified atom stereocenters. The van der Waals surface area contributed by atoms with Gasteiger partial charge in [-0.25, -0.2) is 18.1 Å². The Balaban J connectivity index is 2.15. The van der Waals surface area contributed by atoms with Gasteiger partial charge in [-0.3, -0.25) is 4.98 Å². The lowest BCUT2D eigenvalue weighted by Gasteiger charge is -2.09. The number of pyridine rings is 1. The molecule has 2 heterocycles. The van der Waals surface area contributed by atoms with Crippen LogP contribution in [0.25, 0.3) is 0 Å². The molecule has 0 saturated heterocycles. The molecule has 2 aromatic heterocycles. The molecule has 0 spiro atoms. The third-order valence-electron chi connectivity index (χ3n) is 2.71. The molecule has 2 aromatic rings. The Morgan fingerprint density at radius 3 is 2.80 bits per heavy atom. The zero-order valence-corrected chi connectivity index (χ0v) is 12.9. The fraction of sp³-hybridized carbons (Fsp3) is 0.333. The molecule has 0 bridgehead atoms. The molecule has 108 valence electrons. The molecule has 0 atom stereocenters. The van der Waals surface area contributed by atoms with Gasteiger partial charge in [-0.1, -0.05) is 6.92 Å². The maximum Gasteiger partial charge on any atom is 0.244 e. The number of thiazole rings is 1. The lowest BCUT2D eigenvalue weighted by Crippen LogP contribution is -2.24. The van der Waals surface area contributed by atoms with E-state index in [0.717, 1.165) is 16.3 Å². The van der Waals surface area contributed by atoms with Gasteiger partial charge in [0.2, 0.25) is 10.0 Å². The molecule has 20 heavy (non-hydrogen) atoms. The Hall–Kier alpha value is -1.51. The smallest absolute Gasteiger partial charge is 0.244 e. The summed E-state index contributed by atoms with van der Waals surface area (Å²) in [7, 11) is -1.94. The normalized spacial score (nSPS) is 11.5. The van der Waals surface area contributed by atoms with Gasteiger partial charge in [-0.2, -0.15) is 0 Å². The van der Waals surface area contributed by atoms with Gasteiger partial charge in [-0.05, 0) is 12.5 Å². The van der Waals surface area contributed by atoms with E-state index in [2.05, 4.69) is 20.0 Å². The second-order valence-electron chi connectivity index (χ2n) is 4.02. The van der Waals surface area contributed by atoms with Crippen molar-refractivity contribution >= 4 is 27.0 Å². The molecule has 2 N–H and O–H groups in total. The van der Waals surface area contributed by atoms with Crippen LogP contribution in [-0.4, -0.2) is 25.4 Å². The Labute approximate surface area is 122 Å². The number of nitrogens with zero attached hydrogens (tertiary/aromatic N) is 2. The van der Waals surface area contributed by atoms with E-state index in [9.17, 15) is 8.42 Å². The summed E-state index contributed by atoms with van der Waals surface area (Å²) < 4.78 is 27.0. The third-order valence-corrected chi connectivity index (χ3v) is 5.28. The molecule has 0 fully saturated rings. The van der Waals surface area contributed by atoms with Gasteiger partial charge in [0.1, 0.15) is 9.90 Å². The molecule has 2 rings (SSSR count). The second kappa shape index (κ2) is 6.29. The van der Waals surface area contributed by atoms with Crippen molar-refractivity contribution in [1.82, 2.24) is 14.7 Å². The molecular formula is C12H16N4O2S2. The minimum Gasteiger partial charge on any atom is -0.387 e. The third kappa shape index (κ3) is 3.33. The SMILES string of the molecule is CCc1cnc(CNS(=O)(=O)c2cnccc2NC)s1. The lowest BCUT2D eigenvalue weighted by atomic mass is 10.4. The monoisotopic (exact) mass is 312 g/mol. The van der Waals surface area contributed by atoms with E-state index in [1.165, 1.54) is 17.5 Å². The highest BCUT2D eigenvalue weighted by Crippen LogP contribution is 2.19. The molecule has 0 aromatic carbocycles. The first-order valence-corrected chi connectivity index (χ1v) is 8.41. The highest BCUT2D eigenvalue weighted by Gasteiger charge is 2.18. The van der Waals surface area contributed by atoms with E-state index in [0.29, 0.717) is 5.69 Å². The van der Waals surface area contributed by atoms with E-state index in [1.54, 1.807) is 25.5 Å². The Morgan fingerprint density at radius 1 is 1.35 bits per heavy atom. The maximum absolute atomic E-state index is 12.2. The molecule has 8 heteroatoms. The first kappa shape index (κ1) is 14.9. The molecule has 0 aliphatic carbocycles. The fourth-order valence-corrected chi connectivity index (χ4v) is 3.66. The molecule has 6 nitrogen and oxygen atoms in total. The number of sulfonamides is 1. The maximum atomic E-state index is 12.2. The van der Waals surface area contributed by atoms with Crippen molar-refractivity contribution in [2.24, 2.45) is 0 Å². The topological polar surface area (TPSA) is 84.0 Å². The van der Waals surface area contributed by atoms with Crippen LogP contribution in [0.15, 0.2) is 29.6 Å². The summed E-state index contributed by atoms with van der Waals surface area (Å²) in [5, 5.41) is 3.59. The number of rotatable bonds is 6. The summed E-state index contributed by atoms with van der Waals surface area (Å²) >= 11 is 1.51. The van der Waals surface area contributed by atoms with Crippen LogP contribution in [0.3, 0.4) is 0 Å². The Morgan fingerprint density at radius 2 is 2.15 bits per heavy atom. The van der Waals surface area contributed by atoms with Crippen LogP contribution in [-0.2, 0) is 23.0 Å². The van der Waals surface area contributed by atoms with Gasteiger partial charge < -0.3 is 5.32 Å². The summed E-state index contributed by atoms with van der Waals surface area (Å²) in [5.41, 5.74) is 0.515. The number of anilines is 1. The van der Waals surface area contributed by atoms with E-state index >= 15 is 0 Å². The van der Waals surface area contributed by atoms with Crippen LogP contribution in [0, 0.1) is 0 Å². The van der Waals surface area contributed by atoms with E-state index in [4.69, 9.17) is 0 Å². The molecule has 0 aliphatic rings. The van der Waals surface area contributed by atoms with Crippen molar-refractivity contribution in [3.63, 3.8) is 0 Å². The number of hydrogen-bond donors (Lipinski definition) is 2. The van der Waals surface area contributed by atoms with Gasteiger partial charge in [0.15, 0.2) is 0 Å².